The first-order valence-electron chi connectivity index (χ1n) is 6.34. The summed E-state index contributed by atoms with van der Waals surface area (Å²) in [7, 11) is 1.84. The van der Waals surface area contributed by atoms with Gasteiger partial charge in [0.15, 0.2) is 5.82 Å². The first-order chi connectivity index (χ1) is 9.16. The molecule has 1 saturated carbocycles. The van der Waals surface area contributed by atoms with Crippen molar-refractivity contribution in [1.82, 2.24) is 14.8 Å². The minimum atomic E-state index is -0.719. The summed E-state index contributed by atoms with van der Waals surface area (Å²) in [6.07, 6.45) is 2.57. The molecule has 2 aromatic heterocycles. The third-order valence-electron chi connectivity index (χ3n) is 3.70. The molecule has 0 aromatic carbocycles. The van der Waals surface area contributed by atoms with E-state index in [1.165, 1.54) is 0 Å². The Morgan fingerprint density at radius 3 is 3.05 bits per heavy atom. The molecule has 3 rings (SSSR count). The zero-order valence-corrected chi connectivity index (χ0v) is 11.4. The van der Waals surface area contributed by atoms with Crippen molar-refractivity contribution in [1.29, 1.82) is 0 Å². The summed E-state index contributed by atoms with van der Waals surface area (Å²) < 4.78 is 1.74. The van der Waals surface area contributed by atoms with Gasteiger partial charge in [0, 0.05) is 13.0 Å². The maximum atomic E-state index is 11.3. The lowest BCUT2D eigenvalue weighted by Gasteiger charge is -2.13. The van der Waals surface area contributed by atoms with Crippen LogP contribution in [-0.2, 0) is 11.8 Å². The molecule has 0 saturated heterocycles. The predicted molar refractivity (Wildman–Crippen MR) is 72.0 cm³/mol. The normalized spacial score (nSPS) is 22.8. The van der Waals surface area contributed by atoms with Crippen molar-refractivity contribution in [3.8, 4) is 10.7 Å². The van der Waals surface area contributed by atoms with Crippen LogP contribution in [0.15, 0.2) is 17.5 Å². The predicted octanol–water partition coefficient (Wildman–Crippen LogP) is 2.51. The van der Waals surface area contributed by atoms with Gasteiger partial charge in [-0.15, -0.1) is 11.3 Å². The molecule has 2 atom stereocenters. The molecule has 100 valence electrons. The Bertz CT molecular complexity index is 591. The minimum absolute atomic E-state index is 0.0105. The molecule has 1 N–H and O–H groups in total. The van der Waals surface area contributed by atoms with Gasteiger partial charge in [-0.3, -0.25) is 9.48 Å². The molecule has 5 nitrogen and oxygen atoms in total. The molecule has 2 aromatic rings. The molecule has 0 spiro atoms. The van der Waals surface area contributed by atoms with Crippen LogP contribution in [0.1, 0.15) is 31.0 Å². The molecule has 2 unspecified atom stereocenters. The number of carbonyl (C=O) groups is 1. The number of rotatable bonds is 3. The number of aromatic nitrogens is 3. The highest BCUT2D eigenvalue weighted by Crippen LogP contribution is 2.39. The molecule has 0 amide bonds. The summed E-state index contributed by atoms with van der Waals surface area (Å²) in [5, 5.41) is 15.7. The van der Waals surface area contributed by atoms with Gasteiger partial charge in [0.2, 0.25) is 0 Å². The van der Waals surface area contributed by atoms with Crippen LogP contribution in [-0.4, -0.2) is 25.8 Å². The third-order valence-corrected chi connectivity index (χ3v) is 4.57. The van der Waals surface area contributed by atoms with Crippen molar-refractivity contribution in [2.75, 3.05) is 0 Å². The number of carboxylic acid groups (broad SMARTS) is 1. The van der Waals surface area contributed by atoms with Gasteiger partial charge in [0.1, 0.15) is 5.82 Å². The molecule has 2 heterocycles. The maximum Gasteiger partial charge on any atom is 0.307 e. The Morgan fingerprint density at radius 2 is 2.37 bits per heavy atom. The second-order valence-corrected chi connectivity index (χ2v) is 5.82. The van der Waals surface area contributed by atoms with Crippen LogP contribution in [0.3, 0.4) is 0 Å². The SMILES string of the molecule is Cn1nc(-c2cccs2)nc1C1CCCC1C(=O)O. The van der Waals surface area contributed by atoms with Crippen molar-refractivity contribution in [2.45, 2.75) is 25.2 Å². The second-order valence-electron chi connectivity index (χ2n) is 4.88. The Hall–Kier alpha value is -1.69. The first kappa shape index (κ1) is 12.3. The van der Waals surface area contributed by atoms with Crippen molar-refractivity contribution >= 4 is 17.3 Å². The lowest BCUT2D eigenvalue weighted by atomic mass is 9.95. The highest BCUT2D eigenvalue weighted by Gasteiger charge is 2.37. The van der Waals surface area contributed by atoms with E-state index in [0.29, 0.717) is 5.82 Å². The average Bonchev–Trinajstić information content (AvgIpc) is 3.07. The van der Waals surface area contributed by atoms with Crippen molar-refractivity contribution in [3.05, 3.63) is 23.3 Å². The first-order valence-corrected chi connectivity index (χ1v) is 7.22. The van der Waals surface area contributed by atoms with E-state index >= 15 is 0 Å². The molecular formula is C13H15N3O2S. The van der Waals surface area contributed by atoms with Crippen LogP contribution < -0.4 is 0 Å². The van der Waals surface area contributed by atoms with Gasteiger partial charge < -0.3 is 5.11 Å². The van der Waals surface area contributed by atoms with E-state index < -0.39 is 5.97 Å². The van der Waals surface area contributed by atoms with E-state index in [-0.39, 0.29) is 11.8 Å². The zero-order chi connectivity index (χ0) is 13.4. The highest BCUT2D eigenvalue weighted by molar-refractivity contribution is 7.13. The van der Waals surface area contributed by atoms with E-state index in [2.05, 4.69) is 10.1 Å². The molecular weight excluding hydrogens is 262 g/mol. The summed E-state index contributed by atoms with van der Waals surface area (Å²) in [5.74, 6) is 0.447. The second kappa shape index (κ2) is 4.77. The number of nitrogens with zero attached hydrogens (tertiary/aromatic N) is 3. The van der Waals surface area contributed by atoms with Crippen LogP contribution in [0.25, 0.3) is 10.7 Å². The van der Waals surface area contributed by atoms with Gasteiger partial charge in [0.25, 0.3) is 0 Å². The standard InChI is InChI=1S/C13H15N3O2S/c1-16-12(8-4-2-5-9(8)13(17)18)14-11(15-16)10-6-3-7-19-10/h3,6-9H,2,4-5H2,1H3,(H,17,18). The Kier molecular flexibility index (Phi) is 3.10. The fourth-order valence-electron chi connectivity index (χ4n) is 2.79. The summed E-state index contributed by atoms with van der Waals surface area (Å²) in [6, 6.07) is 3.94. The fourth-order valence-corrected chi connectivity index (χ4v) is 3.45. The van der Waals surface area contributed by atoms with Crippen LogP contribution in [0, 0.1) is 5.92 Å². The largest absolute Gasteiger partial charge is 0.481 e. The van der Waals surface area contributed by atoms with Gasteiger partial charge in [0.05, 0.1) is 10.8 Å². The quantitative estimate of drug-likeness (QED) is 0.936. The van der Waals surface area contributed by atoms with Crippen molar-refractivity contribution in [2.24, 2.45) is 13.0 Å². The smallest absolute Gasteiger partial charge is 0.307 e. The maximum absolute atomic E-state index is 11.3. The number of aliphatic carboxylic acids is 1. The van der Waals surface area contributed by atoms with E-state index in [4.69, 9.17) is 0 Å². The minimum Gasteiger partial charge on any atom is -0.481 e. The topological polar surface area (TPSA) is 68.0 Å². The number of hydrogen-bond donors (Lipinski definition) is 1. The van der Waals surface area contributed by atoms with Crippen LogP contribution in [0.5, 0.6) is 0 Å². The molecule has 1 fully saturated rings. The van der Waals surface area contributed by atoms with Gasteiger partial charge in [-0.1, -0.05) is 12.5 Å². The average molecular weight is 277 g/mol. The van der Waals surface area contributed by atoms with E-state index in [1.807, 2.05) is 24.6 Å². The number of thiophene rings is 1. The van der Waals surface area contributed by atoms with Gasteiger partial charge in [-0.05, 0) is 24.3 Å². The van der Waals surface area contributed by atoms with Gasteiger partial charge in [-0.25, -0.2) is 4.98 Å². The van der Waals surface area contributed by atoms with E-state index in [1.54, 1.807) is 16.0 Å². The monoisotopic (exact) mass is 277 g/mol. The molecule has 0 aliphatic heterocycles. The summed E-state index contributed by atoms with van der Waals surface area (Å²) in [6.45, 7) is 0. The lowest BCUT2D eigenvalue weighted by molar-refractivity contribution is -0.142. The number of hydrogen-bond acceptors (Lipinski definition) is 4. The molecule has 0 radical (unpaired) electrons. The van der Waals surface area contributed by atoms with Crippen LogP contribution in [0.2, 0.25) is 0 Å². The Morgan fingerprint density at radius 1 is 1.53 bits per heavy atom. The molecule has 1 aliphatic rings. The molecule has 1 aliphatic carbocycles. The molecule has 19 heavy (non-hydrogen) atoms. The summed E-state index contributed by atoms with van der Waals surface area (Å²) in [5.41, 5.74) is 0. The van der Waals surface area contributed by atoms with Crippen molar-refractivity contribution < 1.29 is 9.90 Å². The van der Waals surface area contributed by atoms with Crippen molar-refractivity contribution in [3.63, 3.8) is 0 Å². The van der Waals surface area contributed by atoms with Crippen LogP contribution >= 0.6 is 11.3 Å². The number of carboxylic acids is 1. The number of aryl methyl sites for hydroxylation is 1. The van der Waals surface area contributed by atoms with E-state index in [0.717, 1.165) is 30.0 Å². The van der Waals surface area contributed by atoms with Gasteiger partial charge in [-0.2, -0.15) is 5.10 Å². The van der Waals surface area contributed by atoms with E-state index in [9.17, 15) is 9.90 Å². The lowest BCUT2D eigenvalue weighted by Crippen LogP contribution is -2.19. The molecule has 0 bridgehead atoms. The van der Waals surface area contributed by atoms with Gasteiger partial charge >= 0.3 is 5.97 Å². The van der Waals surface area contributed by atoms with Crippen LogP contribution in [0.4, 0.5) is 0 Å². The zero-order valence-electron chi connectivity index (χ0n) is 10.6. The third kappa shape index (κ3) is 2.16. The molecule has 6 heteroatoms. The summed E-state index contributed by atoms with van der Waals surface area (Å²) >= 11 is 1.59. The highest BCUT2D eigenvalue weighted by atomic mass is 32.1. The fraction of sp³-hybridized carbons (Fsp3) is 0.462. The summed E-state index contributed by atoms with van der Waals surface area (Å²) in [4.78, 5) is 16.9. The Labute approximate surface area is 114 Å². The Balaban J connectivity index is 1.95.